The third-order valence-electron chi connectivity index (χ3n) is 6.49. The van der Waals surface area contributed by atoms with E-state index in [0.717, 1.165) is 33.9 Å². The normalized spacial score (nSPS) is 11.8. The average molecular weight is 555 g/mol. The molecule has 0 aliphatic heterocycles. The van der Waals surface area contributed by atoms with E-state index in [9.17, 15) is 4.79 Å². The number of rotatable bonds is 8. The van der Waals surface area contributed by atoms with Crippen LogP contribution in [0.15, 0.2) is 95.9 Å². The van der Waals surface area contributed by atoms with Gasteiger partial charge in [-0.05, 0) is 80.7 Å². The van der Waals surface area contributed by atoms with Crippen molar-refractivity contribution in [1.29, 1.82) is 0 Å². The number of carbonyl (C=O) groups is 1. The number of nitrogens with zero attached hydrogens (tertiary/aromatic N) is 1. The predicted molar refractivity (Wildman–Crippen MR) is 168 cm³/mol. The SMILES string of the molecule is CCn1c2ccccc2c2cc(NC(=O)C(C)Sc3cccc(NC(=S)Nc4ccccc4OC)c3)ccc21. The van der Waals surface area contributed by atoms with Crippen LogP contribution in [0.2, 0.25) is 0 Å². The van der Waals surface area contributed by atoms with Crippen molar-refractivity contribution in [3.05, 3.63) is 91.0 Å². The second kappa shape index (κ2) is 11.8. The molecule has 3 N–H and O–H groups in total. The number of hydrogen-bond donors (Lipinski definition) is 3. The van der Waals surface area contributed by atoms with Crippen LogP contribution in [0.4, 0.5) is 17.1 Å². The molecule has 5 aromatic rings. The molecule has 0 bridgehead atoms. The molecule has 0 fully saturated rings. The highest BCUT2D eigenvalue weighted by atomic mass is 32.2. The molecule has 0 radical (unpaired) electrons. The number of aryl methyl sites for hydroxylation is 1. The molecule has 39 heavy (non-hydrogen) atoms. The maximum Gasteiger partial charge on any atom is 0.237 e. The summed E-state index contributed by atoms with van der Waals surface area (Å²) in [6.07, 6.45) is 0. The molecule has 1 aromatic heterocycles. The van der Waals surface area contributed by atoms with Crippen molar-refractivity contribution >= 4 is 73.9 Å². The van der Waals surface area contributed by atoms with Crippen molar-refractivity contribution < 1.29 is 9.53 Å². The van der Waals surface area contributed by atoms with Gasteiger partial charge in [0.2, 0.25) is 5.91 Å². The van der Waals surface area contributed by atoms with Crippen molar-refractivity contribution in [2.24, 2.45) is 0 Å². The first-order chi connectivity index (χ1) is 19.0. The van der Waals surface area contributed by atoms with Crippen LogP contribution >= 0.6 is 24.0 Å². The molecule has 1 unspecified atom stereocenters. The molecule has 1 heterocycles. The summed E-state index contributed by atoms with van der Waals surface area (Å²) in [6.45, 7) is 4.95. The van der Waals surface area contributed by atoms with E-state index >= 15 is 0 Å². The zero-order valence-electron chi connectivity index (χ0n) is 22.0. The minimum absolute atomic E-state index is 0.0506. The molecule has 198 valence electrons. The number of thiocarbonyl (C=S) groups is 1. The van der Waals surface area contributed by atoms with Crippen LogP contribution in [0.3, 0.4) is 0 Å². The summed E-state index contributed by atoms with van der Waals surface area (Å²) >= 11 is 6.99. The van der Waals surface area contributed by atoms with Crippen LogP contribution in [-0.2, 0) is 11.3 Å². The lowest BCUT2D eigenvalue weighted by molar-refractivity contribution is -0.115. The Hall–Kier alpha value is -4.01. The van der Waals surface area contributed by atoms with E-state index in [4.69, 9.17) is 17.0 Å². The smallest absolute Gasteiger partial charge is 0.237 e. The predicted octanol–water partition coefficient (Wildman–Crippen LogP) is 7.75. The van der Waals surface area contributed by atoms with E-state index in [1.807, 2.05) is 61.5 Å². The molecule has 0 saturated carbocycles. The quantitative estimate of drug-likeness (QED) is 0.135. The van der Waals surface area contributed by atoms with Gasteiger partial charge in [-0.25, -0.2) is 0 Å². The third kappa shape index (κ3) is 5.87. The first-order valence-corrected chi connectivity index (χ1v) is 14.0. The van der Waals surface area contributed by atoms with Gasteiger partial charge in [-0.15, -0.1) is 11.8 Å². The van der Waals surface area contributed by atoms with Crippen LogP contribution in [0.1, 0.15) is 13.8 Å². The molecule has 0 aliphatic rings. The van der Waals surface area contributed by atoms with E-state index in [1.54, 1.807) is 7.11 Å². The summed E-state index contributed by atoms with van der Waals surface area (Å²) in [4.78, 5) is 14.1. The first-order valence-electron chi connectivity index (χ1n) is 12.8. The third-order valence-corrected chi connectivity index (χ3v) is 7.78. The highest BCUT2D eigenvalue weighted by molar-refractivity contribution is 8.00. The van der Waals surface area contributed by atoms with Gasteiger partial charge in [-0.2, -0.15) is 0 Å². The van der Waals surface area contributed by atoms with Crippen LogP contribution in [0, 0.1) is 0 Å². The molecule has 0 aliphatic carbocycles. The zero-order valence-corrected chi connectivity index (χ0v) is 23.7. The number of anilines is 3. The molecular formula is C31H30N4O2S2. The number of nitrogens with one attached hydrogen (secondary N) is 3. The molecule has 6 nitrogen and oxygen atoms in total. The number of amides is 1. The molecule has 5 rings (SSSR count). The van der Waals surface area contributed by atoms with Crippen molar-refractivity contribution in [2.45, 2.75) is 30.5 Å². The van der Waals surface area contributed by atoms with Gasteiger partial charge in [-0.1, -0.05) is 36.4 Å². The summed E-state index contributed by atoms with van der Waals surface area (Å²) < 4.78 is 7.68. The fourth-order valence-electron chi connectivity index (χ4n) is 4.65. The van der Waals surface area contributed by atoms with Gasteiger partial charge in [0.25, 0.3) is 0 Å². The summed E-state index contributed by atoms with van der Waals surface area (Å²) in [7, 11) is 1.62. The lowest BCUT2D eigenvalue weighted by Gasteiger charge is -2.15. The standard InChI is InChI=1S/C31H30N4O2S2/c1-4-35-27-14-7-5-12-24(27)25-19-22(16-17-28(25)35)32-30(36)20(2)39-23-11-9-10-21(18-23)33-31(38)34-26-13-6-8-15-29(26)37-3/h5-20H,4H2,1-3H3,(H,32,36)(H2,33,34,38). The minimum Gasteiger partial charge on any atom is -0.495 e. The van der Waals surface area contributed by atoms with Crippen molar-refractivity contribution in [1.82, 2.24) is 4.57 Å². The lowest BCUT2D eigenvalue weighted by Crippen LogP contribution is -2.22. The van der Waals surface area contributed by atoms with Gasteiger partial charge in [0.05, 0.1) is 18.0 Å². The van der Waals surface area contributed by atoms with Crippen LogP contribution in [-0.4, -0.2) is 27.9 Å². The minimum atomic E-state index is -0.299. The fraction of sp³-hybridized carbons (Fsp3) is 0.161. The highest BCUT2D eigenvalue weighted by Crippen LogP contribution is 2.32. The number of ether oxygens (including phenoxy) is 1. The van der Waals surface area contributed by atoms with E-state index < -0.39 is 0 Å². The van der Waals surface area contributed by atoms with E-state index in [2.05, 4.69) is 63.8 Å². The number of fused-ring (bicyclic) bond motifs is 3. The largest absolute Gasteiger partial charge is 0.495 e. The summed E-state index contributed by atoms with van der Waals surface area (Å²) in [5, 5.41) is 12.0. The van der Waals surface area contributed by atoms with Crippen LogP contribution in [0.5, 0.6) is 5.75 Å². The lowest BCUT2D eigenvalue weighted by atomic mass is 10.1. The highest BCUT2D eigenvalue weighted by Gasteiger charge is 2.16. The van der Waals surface area contributed by atoms with E-state index in [-0.39, 0.29) is 11.2 Å². The molecular weight excluding hydrogens is 525 g/mol. The molecule has 0 saturated heterocycles. The maximum absolute atomic E-state index is 13.1. The number of aromatic nitrogens is 1. The first kappa shape index (κ1) is 26.6. The Morgan fingerprint density at radius 2 is 1.62 bits per heavy atom. The second-order valence-electron chi connectivity index (χ2n) is 9.05. The Balaban J connectivity index is 1.24. The number of thioether (sulfide) groups is 1. The Kier molecular flexibility index (Phi) is 8.05. The Morgan fingerprint density at radius 1 is 0.872 bits per heavy atom. The monoisotopic (exact) mass is 554 g/mol. The fourth-order valence-corrected chi connectivity index (χ4v) is 5.81. The number of benzene rings is 4. The number of methoxy groups -OCH3 is 1. The number of carbonyl (C=O) groups excluding carboxylic acids is 1. The van der Waals surface area contributed by atoms with Gasteiger partial charge in [0.15, 0.2) is 5.11 Å². The molecule has 4 aromatic carbocycles. The van der Waals surface area contributed by atoms with Gasteiger partial charge in [-0.3, -0.25) is 4.79 Å². The Labute approximate surface area is 237 Å². The number of hydrogen-bond acceptors (Lipinski definition) is 4. The van der Waals surface area contributed by atoms with Crippen molar-refractivity contribution in [3.8, 4) is 5.75 Å². The van der Waals surface area contributed by atoms with Gasteiger partial charge < -0.3 is 25.3 Å². The van der Waals surface area contributed by atoms with Crippen LogP contribution in [0.25, 0.3) is 21.8 Å². The summed E-state index contributed by atoms with van der Waals surface area (Å²) in [6, 6.07) is 30.0. The molecule has 8 heteroatoms. The zero-order chi connectivity index (χ0) is 27.4. The summed E-state index contributed by atoms with van der Waals surface area (Å²) in [5.41, 5.74) is 4.78. The maximum atomic E-state index is 13.1. The van der Waals surface area contributed by atoms with Crippen molar-refractivity contribution in [3.63, 3.8) is 0 Å². The van der Waals surface area contributed by atoms with Gasteiger partial charge in [0, 0.05) is 44.6 Å². The van der Waals surface area contributed by atoms with Gasteiger partial charge in [0.1, 0.15) is 5.75 Å². The second-order valence-corrected chi connectivity index (χ2v) is 10.9. The van der Waals surface area contributed by atoms with E-state index in [0.29, 0.717) is 10.9 Å². The topological polar surface area (TPSA) is 67.3 Å². The molecule has 1 atom stereocenters. The van der Waals surface area contributed by atoms with E-state index in [1.165, 1.54) is 28.2 Å². The molecule has 1 amide bonds. The number of para-hydroxylation sites is 3. The van der Waals surface area contributed by atoms with Crippen LogP contribution < -0.4 is 20.7 Å². The summed E-state index contributed by atoms with van der Waals surface area (Å²) in [5.74, 6) is 0.659. The molecule has 0 spiro atoms. The van der Waals surface area contributed by atoms with Gasteiger partial charge >= 0.3 is 0 Å². The van der Waals surface area contributed by atoms with Crippen molar-refractivity contribution in [2.75, 3.05) is 23.1 Å². The Morgan fingerprint density at radius 3 is 2.44 bits per heavy atom. The average Bonchev–Trinajstić information content (AvgIpc) is 3.26. The Bertz CT molecular complexity index is 1660.